The van der Waals surface area contributed by atoms with Crippen molar-refractivity contribution in [2.45, 2.75) is 6.54 Å². The molecular weight excluding hydrogens is 352 g/mol. The molecule has 0 bridgehead atoms. The summed E-state index contributed by atoms with van der Waals surface area (Å²) in [6.07, 6.45) is 0. The zero-order chi connectivity index (χ0) is 17.1. The first-order valence-electron chi connectivity index (χ1n) is 8.16. The van der Waals surface area contributed by atoms with E-state index in [1.807, 2.05) is 60.7 Å². The van der Waals surface area contributed by atoms with Crippen LogP contribution in [0.2, 0.25) is 0 Å². The molecular formula is C20H19ClN2O3. The van der Waals surface area contributed by atoms with Crippen molar-refractivity contribution >= 4 is 34.8 Å². The summed E-state index contributed by atoms with van der Waals surface area (Å²) in [6.45, 7) is 1.08. The van der Waals surface area contributed by atoms with Gasteiger partial charge in [-0.1, -0.05) is 42.5 Å². The van der Waals surface area contributed by atoms with E-state index in [-0.39, 0.29) is 31.7 Å². The van der Waals surface area contributed by atoms with E-state index in [1.54, 1.807) is 0 Å². The summed E-state index contributed by atoms with van der Waals surface area (Å²) in [5.74, 6) is 1.44. The van der Waals surface area contributed by atoms with Gasteiger partial charge in [0.15, 0.2) is 11.5 Å². The summed E-state index contributed by atoms with van der Waals surface area (Å²) >= 11 is 0. The molecule has 3 aromatic rings. The largest absolute Gasteiger partial charge is 0.454 e. The zero-order valence-electron chi connectivity index (χ0n) is 14.0. The van der Waals surface area contributed by atoms with Crippen LogP contribution in [0.1, 0.15) is 5.56 Å². The highest BCUT2D eigenvalue weighted by molar-refractivity contribution is 6.02. The van der Waals surface area contributed by atoms with Crippen LogP contribution in [0.4, 0.5) is 5.69 Å². The van der Waals surface area contributed by atoms with Gasteiger partial charge in [-0.3, -0.25) is 4.79 Å². The van der Waals surface area contributed by atoms with Crippen molar-refractivity contribution in [3.63, 3.8) is 0 Å². The molecule has 0 unspecified atom stereocenters. The van der Waals surface area contributed by atoms with Crippen LogP contribution in [0, 0.1) is 0 Å². The predicted octanol–water partition coefficient (Wildman–Crippen LogP) is 3.72. The van der Waals surface area contributed by atoms with Crippen molar-refractivity contribution in [3.8, 4) is 11.5 Å². The first-order chi connectivity index (χ1) is 12.3. The lowest BCUT2D eigenvalue weighted by atomic mass is 10.1. The van der Waals surface area contributed by atoms with E-state index in [9.17, 15) is 4.79 Å². The van der Waals surface area contributed by atoms with Crippen molar-refractivity contribution < 1.29 is 14.3 Å². The third-order valence-corrected chi connectivity index (χ3v) is 4.12. The number of fused-ring (bicyclic) bond motifs is 2. The average Bonchev–Trinajstić information content (AvgIpc) is 3.10. The zero-order valence-corrected chi connectivity index (χ0v) is 14.8. The van der Waals surface area contributed by atoms with Gasteiger partial charge in [0, 0.05) is 17.6 Å². The minimum Gasteiger partial charge on any atom is -0.454 e. The summed E-state index contributed by atoms with van der Waals surface area (Å²) in [6, 6.07) is 19.7. The number of carbonyl (C=O) groups is 1. The average molecular weight is 371 g/mol. The second-order valence-corrected chi connectivity index (χ2v) is 5.87. The van der Waals surface area contributed by atoms with Crippen LogP contribution in [-0.4, -0.2) is 19.2 Å². The molecule has 6 heteroatoms. The molecule has 0 fully saturated rings. The lowest BCUT2D eigenvalue weighted by Gasteiger charge is -2.10. The lowest BCUT2D eigenvalue weighted by Crippen LogP contribution is -2.27. The molecule has 0 spiro atoms. The van der Waals surface area contributed by atoms with E-state index in [2.05, 4.69) is 10.6 Å². The highest BCUT2D eigenvalue weighted by Crippen LogP contribution is 2.32. The molecule has 0 radical (unpaired) electrons. The molecule has 4 rings (SSSR count). The Balaban J connectivity index is 0.00000196. The molecule has 0 aliphatic carbocycles. The van der Waals surface area contributed by atoms with E-state index in [1.165, 1.54) is 0 Å². The van der Waals surface area contributed by atoms with Gasteiger partial charge in [0.25, 0.3) is 0 Å². The molecule has 1 heterocycles. The first-order valence-corrected chi connectivity index (χ1v) is 8.16. The molecule has 1 aliphatic heterocycles. The first kappa shape index (κ1) is 18.0. The van der Waals surface area contributed by atoms with E-state index in [4.69, 9.17) is 9.47 Å². The Bertz CT molecular complexity index is 925. The van der Waals surface area contributed by atoms with E-state index >= 15 is 0 Å². The number of nitrogens with one attached hydrogen (secondary N) is 2. The van der Waals surface area contributed by atoms with Gasteiger partial charge in [0.05, 0.1) is 6.54 Å². The van der Waals surface area contributed by atoms with Gasteiger partial charge in [0.1, 0.15) is 0 Å². The fourth-order valence-corrected chi connectivity index (χ4v) is 2.90. The number of hydrogen-bond acceptors (Lipinski definition) is 4. The van der Waals surface area contributed by atoms with Gasteiger partial charge in [-0.05, 0) is 29.1 Å². The maximum atomic E-state index is 12.2. The van der Waals surface area contributed by atoms with E-state index in [0.29, 0.717) is 6.54 Å². The number of benzene rings is 3. The predicted molar refractivity (Wildman–Crippen MR) is 104 cm³/mol. The van der Waals surface area contributed by atoms with Gasteiger partial charge < -0.3 is 20.1 Å². The molecule has 0 saturated carbocycles. The monoisotopic (exact) mass is 370 g/mol. The lowest BCUT2D eigenvalue weighted by molar-refractivity contribution is -0.115. The van der Waals surface area contributed by atoms with E-state index < -0.39 is 0 Å². The van der Waals surface area contributed by atoms with Gasteiger partial charge in [-0.15, -0.1) is 12.4 Å². The third-order valence-electron chi connectivity index (χ3n) is 4.12. The van der Waals surface area contributed by atoms with Crippen molar-refractivity contribution in [2.75, 3.05) is 18.7 Å². The summed E-state index contributed by atoms with van der Waals surface area (Å²) in [5.41, 5.74) is 1.87. The number of rotatable bonds is 5. The summed E-state index contributed by atoms with van der Waals surface area (Å²) in [4.78, 5) is 12.2. The van der Waals surface area contributed by atoms with Gasteiger partial charge in [0.2, 0.25) is 12.7 Å². The van der Waals surface area contributed by atoms with Crippen LogP contribution in [0.3, 0.4) is 0 Å². The maximum absolute atomic E-state index is 12.2. The third kappa shape index (κ3) is 3.90. The van der Waals surface area contributed by atoms with Crippen LogP contribution in [0.25, 0.3) is 10.8 Å². The van der Waals surface area contributed by atoms with Crippen LogP contribution in [0.15, 0.2) is 60.7 Å². The van der Waals surface area contributed by atoms with Gasteiger partial charge in [-0.25, -0.2) is 0 Å². The molecule has 2 N–H and O–H groups in total. The Kier molecular flexibility index (Phi) is 5.61. The topological polar surface area (TPSA) is 59.6 Å². The van der Waals surface area contributed by atoms with Crippen molar-refractivity contribution in [1.29, 1.82) is 0 Å². The van der Waals surface area contributed by atoms with Gasteiger partial charge >= 0.3 is 0 Å². The number of anilines is 1. The molecule has 5 nitrogen and oxygen atoms in total. The number of halogens is 1. The van der Waals surface area contributed by atoms with E-state index in [0.717, 1.165) is 33.5 Å². The molecule has 3 aromatic carbocycles. The Labute approximate surface area is 157 Å². The van der Waals surface area contributed by atoms with Crippen molar-refractivity contribution in [1.82, 2.24) is 5.32 Å². The Morgan fingerprint density at radius 3 is 2.69 bits per heavy atom. The molecule has 0 aromatic heterocycles. The number of carbonyl (C=O) groups excluding carboxylic acids is 1. The molecule has 0 saturated heterocycles. The maximum Gasteiger partial charge on any atom is 0.238 e. The summed E-state index contributed by atoms with van der Waals surface area (Å²) in [7, 11) is 0. The molecule has 1 aliphatic rings. The van der Waals surface area contributed by atoms with Crippen molar-refractivity contribution in [3.05, 3.63) is 66.2 Å². The molecule has 1 amide bonds. The number of ether oxygens (including phenoxy) is 2. The molecule has 26 heavy (non-hydrogen) atoms. The fraction of sp³-hybridized carbons (Fsp3) is 0.150. The second kappa shape index (κ2) is 8.08. The van der Waals surface area contributed by atoms with Crippen LogP contribution in [0.5, 0.6) is 11.5 Å². The minimum atomic E-state index is -0.0721. The highest BCUT2D eigenvalue weighted by Gasteiger charge is 2.13. The summed E-state index contributed by atoms with van der Waals surface area (Å²) < 4.78 is 10.6. The van der Waals surface area contributed by atoms with Crippen LogP contribution in [-0.2, 0) is 11.3 Å². The molecule has 134 valence electrons. The quantitative estimate of drug-likeness (QED) is 0.718. The van der Waals surface area contributed by atoms with Crippen molar-refractivity contribution in [2.24, 2.45) is 0 Å². The Morgan fingerprint density at radius 2 is 1.77 bits per heavy atom. The fourth-order valence-electron chi connectivity index (χ4n) is 2.90. The highest BCUT2D eigenvalue weighted by atomic mass is 35.5. The Morgan fingerprint density at radius 1 is 0.962 bits per heavy atom. The second-order valence-electron chi connectivity index (χ2n) is 5.87. The van der Waals surface area contributed by atoms with Gasteiger partial charge in [-0.2, -0.15) is 0 Å². The number of hydrogen-bond donors (Lipinski definition) is 2. The normalized spacial score (nSPS) is 11.8. The Hall–Kier alpha value is -2.76. The number of amides is 1. The smallest absolute Gasteiger partial charge is 0.238 e. The van der Waals surface area contributed by atoms with Crippen LogP contribution < -0.4 is 20.1 Å². The summed E-state index contributed by atoms with van der Waals surface area (Å²) in [5, 5.41) is 8.26. The standard InChI is InChI=1S/C20H18N2O3.ClH/c23-20(22-17-7-3-5-15-4-1-2-6-16(15)17)12-21-11-14-8-9-18-19(10-14)25-13-24-18;/h1-10,21H,11-13H2,(H,22,23);1H. The minimum absolute atomic E-state index is 0. The van der Waals surface area contributed by atoms with Crippen LogP contribution >= 0.6 is 12.4 Å². The SMILES string of the molecule is Cl.O=C(CNCc1ccc2c(c1)OCO2)Nc1cccc2ccccc12. The molecule has 0 atom stereocenters.